The van der Waals surface area contributed by atoms with E-state index in [1.807, 2.05) is 0 Å². The van der Waals surface area contributed by atoms with Crippen molar-refractivity contribution in [1.29, 1.82) is 0 Å². The van der Waals surface area contributed by atoms with E-state index in [4.69, 9.17) is 57.1 Å². The highest BCUT2D eigenvalue weighted by molar-refractivity contribution is 5.02. The lowest BCUT2D eigenvalue weighted by Gasteiger charge is -2.47. The predicted molar refractivity (Wildman–Crippen MR) is 136 cm³/mol. The van der Waals surface area contributed by atoms with E-state index in [9.17, 15) is 40.9 Å². The number of nitrogens with two attached hydrogens (primary N) is 5. The summed E-state index contributed by atoms with van der Waals surface area (Å²) < 4.78 is 34.4. The molecule has 19 heteroatoms. The van der Waals surface area contributed by atoms with E-state index < -0.39 is 129 Å². The number of ether oxygens (including phenoxy) is 6. The SMILES string of the molecule is NC[C@@H]1O[C@H](O[C@H]2[C@@H](CO)OC(O[C@@H]3C(O[C@H]4O[C@H](CO)[C@@H](O)[C@H](O)[C@H]4N)[C@@H](N)C[C@@H](N)[C@@H]3O)[C@@H]2O)[C@H](N)[C@@H](O)[C@H]1O. The maximum absolute atomic E-state index is 11.1. The van der Waals surface area contributed by atoms with Gasteiger partial charge in [-0.05, 0) is 6.42 Å². The first-order valence-electron chi connectivity index (χ1n) is 13.8. The molecule has 4 rings (SSSR count). The van der Waals surface area contributed by atoms with Crippen LogP contribution in [0.3, 0.4) is 0 Å². The maximum Gasteiger partial charge on any atom is 0.187 e. The molecule has 0 aromatic rings. The minimum Gasteiger partial charge on any atom is -0.394 e. The van der Waals surface area contributed by atoms with Crippen molar-refractivity contribution < 1.29 is 69.3 Å². The zero-order chi connectivity index (χ0) is 31.0. The Bertz CT molecular complexity index is 866. The molecular formula is C23H45N5O14. The number of hydrogen-bond acceptors (Lipinski definition) is 19. The van der Waals surface area contributed by atoms with Gasteiger partial charge in [0.25, 0.3) is 0 Å². The van der Waals surface area contributed by atoms with E-state index in [1.165, 1.54) is 0 Å². The highest BCUT2D eigenvalue weighted by Crippen LogP contribution is 2.34. The molecule has 0 aromatic carbocycles. The fourth-order valence-corrected chi connectivity index (χ4v) is 5.70. The smallest absolute Gasteiger partial charge is 0.187 e. The average Bonchev–Trinajstić information content (AvgIpc) is 3.27. The summed E-state index contributed by atoms with van der Waals surface area (Å²) in [5, 5.41) is 82.3. The Balaban J connectivity index is 1.50. The minimum atomic E-state index is -1.62. The van der Waals surface area contributed by atoms with Crippen molar-refractivity contribution in [2.75, 3.05) is 19.8 Å². The van der Waals surface area contributed by atoms with Crippen LogP contribution in [0, 0.1) is 0 Å². The van der Waals surface area contributed by atoms with Gasteiger partial charge in [0.15, 0.2) is 18.9 Å². The second-order valence-electron chi connectivity index (χ2n) is 11.2. The molecule has 2 unspecified atom stereocenters. The predicted octanol–water partition coefficient (Wildman–Crippen LogP) is -8.86. The molecule has 0 radical (unpaired) electrons. The summed E-state index contributed by atoms with van der Waals surface area (Å²) in [7, 11) is 0. The average molecular weight is 616 g/mol. The third-order valence-corrected chi connectivity index (χ3v) is 8.32. The topological polar surface area (TPSA) is 347 Å². The number of aliphatic hydroxyl groups excluding tert-OH is 8. The number of hydrogen-bond donors (Lipinski definition) is 13. The molecule has 3 saturated heterocycles. The van der Waals surface area contributed by atoms with Crippen LogP contribution in [0.1, 0.15) is 6.42 Å². The fourth-order valence-electron chi connectivity index (χ4n) is 5.70. The quantitative estimate of drug-likeness (QED) is 0.114. The lowest BCUT2D eigenvalue weighted by Crippen LogP contribution is -2.68. The maximum atomic E-state index is 11.1. The van der Waals surface area contributed by atoms with E-state index in [1.54, 1.807) is 0 Å². The van der Waals surface area contributed by atoms with Crippen molar-refractivity contribution in [2.24, 2.45) is 28.7 Å². The van der Waals surface area contributed by atoms with E-state index in [-0.39, 0.29) is 13.0 Å². The monoisotopic (exact) mass is 615 g/mol. The minimum absolute atomic E-state index is 0.0642. The number of rotatable bonds is 9. The Morgan fingerprint density at radius 1 is 0.524 bits per heavy atom. The van der Waals surface area contributed by atoms with Crippen LogP contribution < -0.4 is 28.7 Å². The Morgan fingerprint density at radius 2 is 1.00 bits per heavy atom. The number of aliphatic hydroxyl groups is 8. The molecule has 0 spiro atoms. The van der Waals surface area contributed by atoms with Crippen LogP contribution in [0.25, 0.3) is 0 Å². The van der Waals surface area contributed by atoms with Gasteiger partial charge in [0.1, 0.15) is 67.1 Å². The van der Waals surface area contributed by atoms with Gasteiger partial charge in [0.05, 0.1) is 31.4 Å². The van der Waals surface area contributed by atoms with Gasteiger partial charge < -0.3 is 97.9 Å². The molecule has 0 aromatic heterocycles. The van der Waals surface area contributed by atoms with Crippen molar-refractivity contribution in [3.8, 4) is 0 Å². The molecule has 4 aliphatic rings. The van der Waals surface area contributed by atoms with Gasteiger partial charge in [0.2, 0.25) is 0 Å². The Hall–Kier alpha value is -0.760. The summed E-state index contributed by atoms with van der Waals surface area (Å²) in [6.07, 6.45) is -20.5. The zero-order valence-electron chi connectivity index (χ0n) is 22.7. The highest BCUT2D eigenvalue weighted by atomic mass is 16.8. The van der Waals surface area contributed by atoms with Crippen LogP contribution in [0.2, 0.25) is 0 Å². The van der Waals surface area contributed by atoms with Crippen LogP contribution >= 0.6 is 0 Å². The lowest BCUT2D eigenvalue weighted by atomic mass is 9.84. The van der Waals surface area contributed by atoms with Gasteiger partial charge in [-0.25, -0.2) is 0 Å². The third-order valence-electron chi connectivity index (χ3n) is 8.32. The largest absolute Gasteiger partial charge is 0.394 e. The van der Waals surface area contributed by atoms with Gasteiger partial charge in [-0.15, -0.1) is 0 Å². The first-order valence-corrected chi connectivity index (χ1v) is 13.8. The lowest BCUT2D eigenvalue weighted by molar-refractivity contribution is -0.310. The summed E-state index contributed by atoms with van der Waals surface area (Å²) in [4.78, 5) is 0. The third kappa shape index (κ3) is 6.60. The van der Waals surface area contributed by atoms with Crippen LogP contribution in [-0.4, -0.2) is 177 Å². The molecular weight excluding hydrogens is 570 g/mol. The van der Waals surface area contributed by atoms with Gasteiger partial charge in [-0.1, -0.05) is 0 Å². The summed E-state index contributed by atoms with van der Waals surface area (Å²) in [6.45, 7) is -1.49. The summed E-state index contributed by atoms with van der Waals surface area (Å²) in [5.41, 5.74) is 29.9. The van der Waals surface area contributed by atoms with Gasteiger partial charge in [-0.2, -0.15) is 0 Å². The Morgan fingerprint density at radius 3 is 1.55 bits per heavy atom. The molecule has 19 nitrogen and oxygen atoms in total. The summed E-state index contributed by atoms with van der Waals surface area (Å²) in [5.74, 6) is 0. The molecule has 42 heavy (non-hydrogen) atoms. The molecule has 0 bridgehead atoms. The van der Waals surface area contributed by atoms with Gasteiger partial charge >= 0.3 is 0 Å². The molecule has 1 saturated carbocycles. The van der Waals surface area contributed by atoms with Crippen LogP contribution in [0.15, 0.2) is 0 Å². The summed E-state index contributed by atoms with van der Waals surface area (Å²) in [6, 6.07) is -4.30. The van der Waals surface area contributed by atoms with Crippen molar-refractivity contribution in [2.45, 2.75) is 123 Å². The van der Waals surface area contributed by atoms with Crippen LogP contribution in [0.5, 0.6) is 0 Å². The Kier molecular flexibility index (Phi) is 11.5. The highest BCUT2D eigenvalue weighted by Gasteiger charge is 2.54. The standard InChI is InChI=1S/C23H45N5O14/c24-2-7-13(32)15(34)10(27)21(37-7)41-19-9(4-30)39-23(17(19)36)42-20-12(31)5(25)1-6(26)18(20)40-22-11(28)16(35)14(33)8(3-29)38-22/h5-23,29-36H,1-4,24-28H2/t5-,6+,7+,8-,9-,10-,11-,12+,13+,14-,15-,16-,17-,18?,19+,20+,21-,22-,23?/m1/s1. The van der Waals surface area contributed by atoms with Gasteiger partial charge in [-0.3, -0.25) is 0 Å². The normalized spacial score (nSPS) is 53.8. The van der Waals surface area contributed by atoms with E-state index in [2.05, 4.69) is 0 Å². The zero-order valence-corrected chi connectivity index (χ0v) is 22.7. The van der Waals surface area contributed by atoms with E-state index in [0.29, 0.717) is 0 Å². The van der Waals surface area contributed by atoms with Crippen LogP contribution in [0.4, 0.5) is 0 Å². The molecule has 19 atom stereocenters. The fraction of sp³-hybridized carbons (Fsp3) is 1.00. The molecule has 1 aliphatic carbocycles. The molecule has 0 amide bonds. The second-order valence-corrected chi connectivity index (χ2v) is 11.2. The first kappa shape index (κ1) is 34.1. The molecule has 4 fully saturated rings. The van der Waals surface area contributed by atoms with Gasteiger partial charge in [0, 0.05) is 18.6 Å². The van der Waals surface area contributed by atoms with E-state index >= 15 is 0 Å². The summed E-state index contributed by atoms with van der Waals surface area (Å²) >= 11 is 0. The van der Waals surface area contributed by atoms with Crippen molar-refractivity contribution >= 4 is 0 Å². The van der Waals surface area contributed by atoms with E-state index in [0.717, 1.165) is 0 Å². The first-order chi connectivity index (χ1) is 19.8. The van der Waals surface area contributed by atoms with Crippen molar-refractivity contribution in [3.63, 3.8) is 0 Å². The molecule has 3 aliphatic heterocycles. The van der Waals surface area contributed by atoms with Crippen molar-refractivity contribution in [3.05, 3.63) is 0 Å². The molecule has 3 heterocycles. The molecule has 18 N–H and O–H groups in total. The Labute approximate surface area is 240 Å². The molecule has 246 valence electrons. The van der Waals surface area contributed by atoms with Crippen LogP contribution in [-0.2, 0) is 28.4 Å². The van der Waals surface area contributed by atoms with Crippen molar-refractivity contribution in [1.82, 2.24) is 0 Å². The second kappa shape index (κ2) is 14.1.